The first-order valence-corrected chi connectivity index (χ1v) is 7.31. The van der Waals surface area contributed by atoms with Gasteiger partial charge in [-0.3, -0.25) is 0 Å². The van der Waals surface area contributed by atoms with E-state index in [9.17, 15) is 18.3 Å². The monoisotopic (exact) mass is 290 g/mol. The fourth-order valence-electron chi connectivity index (χ4n) is 2.48. The molecular weight excluding hydrogens is 273 g/mol. The second-order valence-corrected chi connectivity index (χ2v) is 6.70. The topological polar surface area (TPSA) is 20.2 Å². The Bertz CT molecular complexity index is 470. The molecule has 0 radical (unpaired) electrons. The van der Waals surface area contributed by atoms with Crippen molar-refractivity contribution in [1.82, 2.24) is 0 Å². The van der Waals surface area contributed by atoms with Crippen LogP contribution in [-0.4, -0.2) is 16.6 Å². The minimum atomic E-state index is -4.44. The molecule has 1 atom stereocenters. The minimum Gasteiger partial charge on any atom is -0.384 e. The third-order valence-corrected chi connectivity index (χ3v) is 5.09. The number of alkyl halides is 3. The van der Waals surface area contributed by atoms with E-state index in [4.69, 9.17) is 0 Å². The third kappa shape index (κ3) is 2.50. The van der Waals surface area contributed by atoms with Crippen LogP contribution >= 0.6 is 11.8 Å². The Morgan fingerprint density at radius 1 is 1.21 bits per heavy atom. The number of thioether (sulfide) groups is 1. The Morgan fingerprint density at radius 2 is 1.84 bits per heavy atom. The molecule has 1 nitrogen and oxygen atoms in total. The lowest BCUT2D eigenvalue weighted by molar-refractivity contribution is -0.143. The molecule has 1 unspecified atom stereocenters. The van der Waals surface area contributed by atoms with Crippen molar-refractivity contribution < 1.29 is 18.3 Å². The Morgan fingerprint density at radius 3 is 2.42 bits per heavy atom. The van der Waals surface area contributed by atoms with E-state index >= 15 is 0 Å². The van der Waals surface area contributed by atoms with Gasteiger partial charge >= 0.3 is 6.18 Å². The van der Waals surface area contributed by atoms with Crippen LogP contribution < -0.4 is 0 Å². The van der Waals surface area contributed by atoms with Gasteiger partial charge in [0.2, 0.25) is 0 Å². The van der Waals surface area contributed by atoms with Crippen molar-refractivity contribution in [1.29, 1.82) is 0 Å². The summed E-state index contributed by atoms with van der Waals surface area (Å²) >= 11 is 1.50. The van der Waals surface area contributed by atoms with Crippen molar-refractivity contribution in [3.8, 4) is 0 Å². The van der Waals surface area contributed by atoms with E-state index in [-0.39, 0.29) is 5.56 Å². The normalized spacial score (nSPS) is 27.3. The first-order valence-electron chi connectivity index (χ1n) is 6.15. The van der Waals surface area contributed by atoms with Gasteiger partial charge in [-0.15, -0.1) is 0 Å². The summed E-state index contributed by atoms with van der Waals surface area (Å²) < 4.78 is 39.3. The fourth-order valence-corrected chi connectivity index (χ4v) is 4.12. The van der Waals surface area contributed by atoms with E-state index in [0.717, 1.165) is 11.8 Å². The van der Waals surface area contributed by atoms with E-state index in [0.29, 0.717) is 12.2 Å². The smallest absolute Gasteiger partial charge is 0.384 e. The summed E-state index contributed by atoms with van der Waals surface area (Å²) in [5, 5.41) is 10.9. The van der Waals surface area contributed by atoms with Crippen LogP contribution in [0.1, 0.15) is 31.4 Å². The van der Waals surface area contributed by atoms with E-state index < -0.39 is 22.8 Å². The second kappa shape index (κ2) is 4.70. The summed E-state index contributed by atoms with van der Waals surface area (Å²) in [6.07, 6.45) is -3.75. The van der Waals surface area contributed by atoms with Gasteiger partial charge in [-0.1, -0.05) is 32.0 Å². The van der Waals surface area contributed by atoms with Gasteiger partial charge in [-0.05, 0) is 29.2 Å². The predicted molar refractivity (Wildman–Crippen MR) is 71.1 cm³/mol. The van der Waals surface area contributed by atoms with E-state index in [1.54, 1.807) is 6.07 Å². The molecule has 0 aromatic heterocycles. The highest BCUT2D eigenvalue weighted by Crippen LogP contribution is 2.51. The molecule has 1 aliphatic heterocycles. The van der Waals surface area contributed by atoms with Crippen LogP contribution in [0.5, 0.6) is 0 Å². The molecule has 1 aromatic rings. The largest absolute Gasteiger partial charge is 0.416 e. The molecule has 0 amide bonds. The van der Waals surface area contributed by atoms with Gasteiger partial charge in [0.15, 0.2) is 0 Å². The Labute approximate surface area is 115 Å². The van der Waals surface area contributed by atoms with Gasteiger partial charge in [0.1, 0.15) is 5.60 Å². The standard InChI is InChI=1S/C14H17F3OS/c1-12(2)7-8-19-9-13(12,18)10-5-3-4-6-11(10)14(15,16)17/h3-6,18H,7-9H2,1-2H3. The molecule has 2 rings (SSSR count). The number of rotatable bonds is 1. The molecule has 1 N–H and O–H groups in total. The summed E-state index contributed by atoms with van der Waals surface area (Å²) in [5.74, 6) is 1.16. The number of hydrogen-bond donors (Lipinski definition) is 1. The van der Waals surface area contributed by atoms with Crippen LogP contribution in [0, 0.1) is 5.41 Å². The number of aliphatic hydroxyl groups is 1. The van der Waals surface area contributed by atoms with E-state index in [1.165, 1.54) is 23.9 Å². The molecule has 0 bridgehead atoms. The second-order valence-electron chi connectivity index (χ2n) is 5.59. The summed E-state index contributed by atoms with van der Waals surface area (Å²) in [4.78, 5) is 0. The summed E-state index contributed by atoms with van der Waals surface area (Å²) in [6.45, 7) is 3.67. The van der Waals surface area contributed by atoms with Crippen LogP contribution in [-0.2, 0) is 11.8 Å². The average Bonchev–Trinajstić information content (AvgIpc) is 2.32. The third-order valence-electron chi connectivity index (χ3n) is 3.98. The van der Waals surface area contributed by atoms with Gasteiger partial charge in [0.25, 0.3) is 0 Å². The highest BCUT2D eigenvalue weighted by Gasteiger charge is 2.50. The summed E-state index contributed by atoms with van der Waals surface area (Å²) in [5.41, 5.74) is -2.74. The predicted octanol–water partition coefficient (Wildman–Crippen LogP) is 4.06. The molecule has 1 aliphatic rings. The van der Waals surface area contributed by atoms with Crippen molar-refractivity contribution in [3.05, 3.63) is 35.4 Å². The molecule has 1 aromatic carbocycles. The zero-order valence-electron chi connectivity index (χ0n) is 10.9. The maximum absolute atomic E-state index is 13.1. The molecule has 0 aliphatic carbocycles. The zero-order valence-corrected chi connectivity index (χ0v) is 11.7. The maximum Gasteiger partial charge on any atom is 0.416 e. The summed E-state index contributed by atoms with van der Waals surface area (Å²) in [7, 11) is 0. The molecule has 106 valence electrons. The average molecular weight is 290 g/mol. The van der Waals surface area contributed by atoms with E-state index in [1.807, 2.05) is 13.8 Å². The van der Waals surface area contributed by atoms with Gasteiger partial charge < -0.3 is 5.11 Å². The van der Waals surface area contributed by atoms with Crippen LogP contribution in [0.15, 0.2) is 24.3 Å². The Hall–Kier alpha value is -0.680. The van der Waals surface area contributed by atoms with Crippen molar-refractivity contribution in [3.63, 3.8) is 0 Å². The van der Waals surface area contributed by atoms with Crippen molar-refractivity contribution in [2.75, 3.05) is 11.5 Å². The molecule has 0 saturated carbocycles. The molecule has 1 fully saturated rings. The van der Waals surface area contributed by atoms with Gasteiger partial charge in [-0.2, -0.15) is 24.9 Å². The molecule has 0 spiro atoms. The lowest BCUT2D eigenvalue weighted by Gasteiger charge is -2.47. The van der Waals surface area contributed by atoms with Gasteiger partial charge in [-0.25, -0.2) is 0 Å². The van der Waals surface area contributed by atoms with Crippen molar-refractivity contribution in [2.24, 2.45) is 5.41 Å². The van der Waals surface area contributed by atoms with Crippen molar-refractivity contribution in [2.45, 2.75) is 32.0 Å². The summed E-state index contributed by atoms with van der Waals surface area (Å²) in [6, 6.07) is 5.36. The molecule has 1 heterocycles. The molecule has 1 saturated heterocycles. The van der Waals surface area contributed by atoms with Crippen molar-refractivity contribution >= 4 is 11.8 Å². The molecular formula is C14H17F3OS. The quantitative estimate of drug-likeness (QED) is 0.842. The highest BCUT2D eigenvalue weighted by molar-refractivity contribution is 7.99. The number of benzene rings is 1. The minimum absolute atomic E-state index is 0.000278. The Balaban J connectivity index is 2.57. The molecule has 19 heavy (non-hydrogen) atoms. The van der Waals surface area contributed by atoms with Crippen LogP contribution in [0.25, 0.3) is 0 Å². The fraction of sp³-hybridized carbons (Fsp3) is 0.571. The zero-order chi connectivity index (χ0) is 14.3. The first kappa shape index (κ1) is 14.7. The molecule has 5 heteroatoms. The van der Waals surface area contributed by atoms with Gasteiger partial charge in [0, 0.05) is 5.75 Å². The van der Waals surface area contributed by atoms with Crippen LogP contribution in [0.2, 0.25) is 0 Å². The number of hydrogen-bond acceptors (Lipinski definition) is 2. The SMILES string of the molecule is CC1(C)CCSCC1(O)c1ccccc1C(F)(F)F. The number of halogens is 3. The Kier molecular flexibility index (Phi) is 3.64. The van der Waals surface area contributed by atoms with E-state index in [2.05, 4.69) is 0 Å². The van der Waals surface area contributed by atoms with Crippen LogP contribution in [0.3, 0.4) is 0 Å². The maximum atomic E-state index is 13.1. The highest BCUT2D eigenvalue weighted by atomic mass is 32.2. The van der Waals surface area contributed by atoms with Crippen LogP contribution in [0.4, 0.5) is 13.2 Å². The lowest BCUT2D eigenvalue weighted by Crippen LogP contribution is -2.48. The van der Waals surface area contributed by atoms with Gasteiger partial charge in [0.05, 0.1) is 5.56 Å². The first-order chi connectivity index (χ1) is 8.68. The lowest BCUT2D eigenvalue weighted by atomic mass is 9.69.